The van der Waals surface area contributed by atoms with Gasteiger partial charge in [0.2, 0.25) is 0 Å². The van der Waals surface area contributed by atoms with Crippen LogP contribution in [0.25, 0.3) is 0 Å². The third-order valence-corrected chi connectivity index (χ3v) is 2.33. The molecule has 7 nitrogen and oxygen atoms in total. The molecule has 0 aliphatic rings. The third-order valence-electron chi connectivity index (χ3n) is 2.33. The molecule has 0 aliphatic heterocycles. The summed E-state index contributed by atoms with van der Waals surface area (Å²) in [7, 11) is 0. The molecule has 0 saturated heterocycles. The summed E-state index contributed by atoms with van der Waals surface area (Å²) in [6.07, 6.45) is 5.68. The first-order valence-corrected chi connectivity index (χ1v) is 8.19. The van der Waals surface area contributed by atoms with Crippen LogP contribution >= 0.6 is 0 Å². The van der Waals surface area contributed by atoms with Crippen molar-refractivity contribution in [1.29, 1.82) is 0 Å². The minimum atomic E-state index is -0.711. The first-order valence-electron chi connectivity index (χ1n) is 8.19. The molecule has 4 N–H and O–H groups in total. The zero-order valence-electron chi connectivity index (χ0n) is 14.5. The average molecular weight is 338 g/mol. The summed E-state index contributed by atoms with van der Waals surface area (Å²) in [5.41, 5.74) is 0. The molecule has 0 bridgehead atoms. The van der Waals surface area contributed by atoms with Gasteiger partial charge in [0.05, 0.1) is 6.61 Å². The normalized spacial score (nSPS) is 9.09. The number of aliphatic carboxylic acids is 1. The zero-order chi connectivity index (χ0) is 18.3. The number of ether oxygens (including phenoxy) is 1. The Labute approximate surface area is 139 Å². The topological polar surface area (TPSA) is 124 Å². The first-order chi connectivity index (χ1) is 11.0. The van der Waals surface area contributed by atoms with Crippen LogP contribution in [0, 0.1) is 0 Å². The molecule has 0 atom stereocenters. The number of unbranched alkanes of at least 4 members (excludes halogenated alkanes) is 2. The number of esters is 1. The van der Waals surface area contributed by atoms with Crippen molar-refractivity contribution in [1.82, 2.24) is 0 Å². The molecule has 0 spiro atoms. The molecule has 0 amide bonds. The van der Waals surface area contributed by atoms with Crippen molar-refractivity contribution in [2.75, 3.05) is 26.4 Å². The molecule has 0 aromatic heterocycles. The van der Waals surface area contributed by atoms with Gasteiger partial charge in [0.25, 0.3) is 0 Å². The molecule has 0 saturated carbocycles. The first kappa shape index (κ1) is 26.7. The highest BCUT2D eigenvalue weighted by molar-refractivity contribution is 5.69. The molecular weight excluding hydrogens is 304 g/mol. The molecule has 0 aromatic carbocycles. The van der Waals surface area contributed by atoms with E-state index in [1.54, 1.807) is 0 Å². The van der Waals surface area contributed by atoms with E-state index >= 15 is 0 Å². The third kappa shape index (κ3) is 38.6. The predicted octanol–water partition coefficient (Wildman–Crippen LogP) is 1.72. The second kappa shape index (κ2) is 25.8. The molecule has 0 unspecified atom stereocenters. The summed E-state index contributed by atoms with van der Waals surface area (Å²) in [4.78, 5) is 20.5. The number of hydrogen-bond donors (Lipinski definition) is 4. The molecule has 0 heterocycles. The van der Waals surface area contributed by atoms with Crippen molar-refractivity contribution < 1.29 is 34.8 Å². The summed E-state index contributed by atoms with van der Waals surface area (Å²) in [5.74, 6) is -0.852. The summed E-state index contributed by atoms with van der Waals surface area (Å²) in [6.45, 7) is 4.56. The van der Waals surface area contributed by atoms with Crippen LogP contribution in [0.1, 0.15) is 65.2 Å². The van der Waals surface area contributed by atoms with E-state index in [0.29, 0.717) is 32.3 Å². The van der Waals surface area contributed by atoms with Crippen LogP contribution in [0.3, 0.4) is 0 Å². The molecule has 0 radical (unpaired) electrons. The Morgan fingerprint density at radius 1 is 0.783 bits per heavy atom. The molecular formula is C16H34O7. The van der Waals surface area contributed by atoms with Gasteiger partial charge in [0.1, 0.15) is 0 Å². The van der Waals surface area contributed by atoms with Gasteiger partial charge in [-0.15, -0.1) is 0 Å². The van der Waals surface area contributed by atoms with Crippen LogP contribution in [0.2, 0.25) is 0 Å². The van der Waals surface area contributed by atoms with Gasteiger partial charge in [-0.2, -0.15) is 0 Å². The van der Waals surface area contributed by atoms with Crippen LogP contribution in [-0.4, -0.2) is 58.8 Å². The maximum absolute atomic E-state index is 10.9. The van der Waals surface area contributed by atoms with Crippen LogP contribution in [0.4, 0.5) is 0 Å². The Balaban J connectivity index is -0.000000303. The van der Waals surface area contributed by atoms with Gasteiger partial charge in [0.15, 0.2) is 0 Å². The number of aliphatic hydroxyl groups is 3. The second-order valence-corrected chi connectivity index (χ2v) is 4.70. The highest BCUT2D eigenvalue weighted by Gasteiger charge is 2.00. The van der Waals surface area contributed by atoms with Gasteiger partial charge in [-0.25, -0.2) is 0 Å². The van der Waals surface area contributed by atoms with Crippen molar-refractivity contribution in [3.05, 3.63) is 0 Å². The summed E-state index contributed by atoms with van der Waals surface area (Å²) >= 11 is 0. The molecule has 23 heavy (non-hydrogen) atoms. The Hall–Kier alpha value is -1.18. The maximum Gasteiger partial charge on any atom is 0.305 e. The fourth-order valence-corrected chi connectivity index (χ4v) is 1.13. The lowest BCUT2D eigenvalue weighted by Crippen LogP contribution is -2.06. The second-order valence-electron chi connectivity index (χ2n) is 4.70. The fraction of sp³-hybridized carbons (Fsp3) is 0.875. The Kier molecular flexibility index (Phi) is 29.9. The van der Waals surface area contributed by atoms with Crippen LogP contribution < -0.4 is 0 Å². The van der Waals surface area contributed by atoms with Crippen LogP contribution in [0.5, 0.6) is 0 Å². The van der Waals surface area contributed by atoms with Gasteiger partial charge in [-0.05, 0) is 19.3 Å². The Morgan fingerprint density at radius 2 is 1.35 bits per heavy atom. The van der Waals surface area contributed by atoms with E-state index in [-0.39, 0.29) is 25.8 Å². The van der Waals surface area contributed by atoms with Crippen molar-refractivity contribution in [2.24, 2.45) is 0 Å². The minimum Gasteiger partial charge on any atom is -0.481 e. The standard InChI is InChI=1S/C9H18O3.C4H8O2.C3H8O2/c1-2-3-4-6-9(11)12-8-5-7-10;1-2-3-4(5)6;4-2-1-3-5/h10H,2-8H2,1H3;2-3H2,1H3,(H,5,6);4-5H,1-3H2. The summed E-state index contributed by atoms with van der Waals surface area (Å²) < 4.78 is 4.83. The van der Waals surface area contributed by atoms with E-state index < -0.39 is 5.97 Å². The van der Waals surface area contributed by atoms with Crippen molar-refractivity contribution >= 4 is 11.9 Å². The van der Waals surface area contributed by atoms with Gasteiger partial charge < -0.3 is 25.2 Å². The van der Waals surface area contributed by atoms with Crippen molar-refractivity contribution in [3.63, 3.8) is 0 Å². The zero-order valence-corrected chi connectivity index (χ0v) is 14.5. The number of aliphatic hydroxyl groups excluding tert-OH is 3. The number of carboxylic acid groups (broad SMARTS) is 1. The molecule has 0 aromatic rings. The van der Waals surface area contributed by atoms with Crippen LogP contribution in [-0.2, 0) is 14.3 Å². The van der Waals surface area contributed by atoms with Gasteiger partial charge in [-0.1, -0.05) is 26.7 Å². The largest absolute Gasteiger partial charge is 0.481 e. The molecule has 0 fully saturated rings. The van der Waals surface area contributed by atoms with E-state index in [2.05, 4.69) is 6.92 Å². The SMILES string of the molecule is CCCC(=O)O.CCCCCC(=O)OCCCO.OCCCO. The van der Waals surface area contributed by atoms with E-state index in [1.807, 2.05) is 6.92 Å². The maximum atomic E-state index is 10.9. The van der Waals surface area contributed by atoms with Crippen molar-refractivity contribution in [2.45, 2.75) is 65.2 Å². The highest BCUT2D eigenvalue weighted by atomic mass is 16.5. The summed E-state index contributed by atoms with van der Waals surface area (Å²) in [5, 5.41) is 32.1. The average Bonchev–Trinajstić information content (AvgIpc) is 2.50. The molecule has 140 valence electrons. The number of carboxylic acids is 1. The van der Waals surface area contributed by atoms with E-state index in [4.69, 9.17) is 25.2 Å². The molecule has 7 heteroatoms. The molecule has 0 rings (SSSR count). The Bertz CT molecular complexity index is 231. The molecule has 0 aliphatic carbocycles. The number of rotatable bonds is 11. The van der Waals surface area contributed by atoms with Gasteiger partial charge in [0, 0.05) is 39.1 Å². The lowest BCUT2D eigenvalue weighted by Gasteiger charge is -2.02. The minimum absolute atomic E-state index is 0.0856. The number of carbonyl (C=O) groups is 2. The number of hydrogen-bond acceptors (Lipinski definition) is 6. The van der Waals surface area contributed by atoms with Gasteiger partial charge in [-0.3, -0.25) is 9.59 Å². The highest BCUT2D eigenvalue weighted by Crippen LogP contribution is 2.00. The van der Waals surface area contributed by atoms with E-state index in [0.717, 1.165) is 25.7 Å². The van der Waals surface area contributed by atoms with E-state index in [1.165, 1.54) is 0 Å². The lowest BCUT2D eigenvalue weighted by atomic mass is 10.2. The Morgan fingerprint density at radius 3 is 1.65 bits per heavy atom. The van der Waals surface area contributed by atoms with Gasteiger partial charge >= 0.3 is 11.9 Å². The van der Waals surface area contributed by atoms with Crippen LogP contribution in [0.15, 0.2) is 0 Å². The summed E-state index contributed by atoms with van der Waals surface area (Å²) in [6, 6.07) is 0. The smallest absolute Gasteiger partial charge is 0.305 e. The fourth-order valence-electron chi connectivity index (χ4n) is 1.13. The quantitative estimate of drug-likeness (QED) is 0.334. The number of carbonyl (C=O) groups excluding carboxylic acids is 1. The monoisotopic (exact) mass is 338 g/mol. The van der Waals surface area contributed by atoms with Crippen molar-refractivity contribution in [3.8, 4) is 0 Å². The lowest BCUT2D eigenvalue weighted by molar-refractivity contribution is -0.144. The predicted molar refractivity (Wildman–Crippen MR) is 88.1 cm³/mol. The van der Waals surface area contributed by atoms with E-state index in [9.17, 15) is 9.59 Å².